The van der Waals surface area contributed by atoms with Gasteiger partial charge in [0.05, 0.1) is 84.3 Å². The predicted octanol–water partition coefficient (Wildman–Crippen LogP) is 16.6. The number of aryl methyl sites for hydroxylation is 3. The van der Waals surface area contributed by atoms with Gasteiger partial charge in [-0.05, 0) is 332 Å². The molecule has 660 valence electrons. The molecular formula is C99H123Cl3N6O12S3. The molecule has 12 aliphatic rings. The zero-order valence-electron chi connectivity index (χ0n) is 71.9. The molecule has 0 saturated heterocycles. The number of ether oxygens (including phenoxy) is 3. The minimum Gasteiger partial charge on any atom is -0.490 e. The van der Waals surface area contributed by atoms with E-state index in [0.29, 0.717) is 73.5 Å². The van der Waals surface area contributed by atoms with E-state index in [-0.39, 0.29) is 85.2 Å². The van der Waals surface area contributed by atoms with Crippen LogP contribution in [0.25, 0.3) is 0 Å². The van der Waals surface area contributed by atoms with Gasteiger partial charge in [-0.25, -0.2) is 12.6 Å². The van der Waals surface area contributed by atoms with Crippen LogP contribution in [0.4, 0.5) is 17.1 Å². The van der Waals surface area contributed by atoms with Gasteiger partial charge < -0.3 is 44.2 Å². The minimum absolute atomic E-state index is 0.0224. The van der Waals surface area contributed by atoms with Gasteiger partial charge in [0.1, 0.15) is 17.2 Å². The van der Waals surface area contributed by atoms with Crippen molar-refractivity contribution in [2.45, 2.75) is 207 Å². The van der Waals surface area contributed by atoms with Crippen LogP contribution in [-0.2, 0) is 64.6 Å². The largest absolute Gasteiger partial charge is 0.490 e. The average Bonchev–Trinajstić information content (AvgIpc) is 1.71. The van der Waals surface area contributed by atoms with Crippen LogP contribution >= 0.6 is 34.8 Å². The third-order valence-electron chi connectivity index (χ3n) is 30.5. The van der Waals surface area contributed by atoms with Crippen LogP contribution in [0.1, 0.15) is 202 Å². The Balaban J connectivity index is 0.000000137. The third-order valence-corrected chi connectivity index (χ3v) is 37.8. The predicted molar refractivity (Wildman–Crippen MR) is 503 cm³/mol. The number of rotatable bonds is 0. The maximum Gasteiger partial charge on any atom is 0.262 e. The van der Waals surface area contributed by atoms with E-state index in [2.05, 4.69) is 82.9 Å². The third kappa shape index (κ3) is 18.4. The molecule has 24 heteroatoms. The van der Waals surface area contributed by atoms with Gasteiger partial charge in [0.15, 0.2) is 0 Å². The first-order valence-corrected chi connectivity index (χ1v) is 51.2. The van der Waals surface area contributed by atoms with Crippen molar-refractivity contribution in [1.29, 1.82) is 0 Å². The topological polar surface area (TPSA) is 237 Å². The van der Waals surface area contributed by atoms with Crippen molar-refractivity contribution in [1.82, 2.24) is 14.2 Å². The number of carbonyl (C=O) groups excluding carboxylic acids is 3. The fourth-order valence-electron chi connectivity index (χ4n) is 21.8. The Bertz CT molecular complexity index is 4950. The second-order valence-corrected chi connectivity index (χ2v) is 46.9. The Kier molecular flexibility index (Phi) is 26.0. The van der Waals surface area contributed by atoms with Crippen molar-refractivity contribution < 1.29 is 56.5 Å². The summed E-state index contributed by atoms with van der Waals surface area (Å²) in [7, 11) is -8.73. The summed E-state index contributed by atoms with van der Waals surface area (Å²) in [6.45, 7) is 17.8. The molecule has 0 aromatic heterocycles. The number of nitrogens with one attached hydrogen (secondary N) is 3. The van der Waals surface area contributed by atoms with E-state index in [1.165, 1.54) is 33.4 Å². The van der Waals surface area contributed by atoms with Gasteiger partial charge >= 0.3 is 0 Å². The van der Waals surface area contributed by atoms with Crippen LogP contribution < -0.4 is 43.1 Å². The number of fused-ring (bicyclic) bond motifs is 12. The van der Waals surface area contributed by atoms with E-state index in [9.17, 15) is 42.3 Å². The smallest absolute Gasteiger partial charge is 0.262 e. The van der Waals surface area contributed by atoms with Crippen LogP contribution in [0.15, 0.2) is 146 Å². The molecule has 6 aromatic rings. The Labute approximate surface area is 744 Å². The number of benzene rings is 6. The van der Waals surface area contributed by atoms with E-state index >= 15 is 0 Å². The first-order valence-electron chi connectivity index (χ1n) is 44.7. The summed E-state index contributed by atoms with van der Waals surface area (Å²) in [5, 5.41) is 34.7. The fraction of sp³-hybridized carbons (Fsp3) is 0.515. The molecule has 6 N–H and O–H groups in total. The van der Waals surface area contributed by atoms with E-state index < -0.39 is 47.4 Å². The number of aliphatic hydroxyl groups excluding tert-OH is 3. The standard InChI is InChI=1S/3C33H41ClN2O4S/c3*1-21-6-4-8-30(37)27-12-9-25(27)18-36-19-33(15-5-7-23-16-26(34)11-13-28(23)33)20-40-31-14-10-24(17-29(31)36)32(38)35-41(3,39)22(21)2/h3*4,8,10-11,13-14,16-17,21-22,25,27,30,37H,3,5-7,9,12,15,18-20H2,1-2H3,(H,35,38,39)/b3*8-4+/t21-,22+,25+,27-,30+,33+,41?;2*21-,22-,25+,27-,30+,33+,41?/m111/s1. The highest BCUT2D eigenvalue weighted by molar-refractivity contribution is 8.00. The average molecular weight is 1790 g/mol. The van der Waals surface area contributed by atoms with Crippen molar-refractivity contribution in [3.63, 3.8) is 0 Å². The quantitative estimate of drug-likeness (QED) is 0.0613. The Morgan fingerprint density at radius 1 is 0.398 bits per heavy atom. The number of hydrogen-bond donors (Lipinski definition) is 6. The van der Waals surface area contributed by atoms with E-state index in [0.717, 1.165) is 185 Å². The monoisotopic (exact) mass is 1790 g/mol. The lowest BCUT2D eigenvalue weighted by Crippen LogP contribution is -2.49. The molecule has 6 aliphatic carbocycles. The second kappa shape index (κ2) is 36.0. The number of amides is 3. The number of aliphatic hydroxyl groups is 3. The fourth-order valence-corrected chi connectivity index (χ4v) is 26.8. The maximum absolute atomic E-state index is 13.6. The van der Waals surface area contributed by atoms with Gasteiger partial charge in [-0.1, -0.05) is 110 Å². The van der Waals surface area contributed by atoms with Crippen molar-refractivity contribution >= 4 is 116 Å². The van der Waals surface area contributed by atoms with Crippen LogP contribution in [0, 0.1) is 53.3 Å². The lowest BCUT2D eigenvalue weighted by Gasteiger charge is -2.45. The molecule has 123 heavy (non-hydrogen) atoms. The zero-order valence-corrected chi connectivity index (χ0v) is 76.7. The summed E-state index contributed by atoms with van der Waals surface area (Å²) in [6.07, 6.45) is 27.4. The molecule has 3 saturated carbocycles. The summed E-state index contributed by atoms with van der Waals surface area (Å²) < 4.78 is 68.7. The van der Waals surface area contributed by atoms with Gasteiger partial charge in [0.25, 0.3) is 17.7 Å². The summed E-state index contributed by atoms with van der Waals surface area (Å²) >= 11 is 19.2. The maximum atomic E-state index is 13.6. The van der Waals surface area contributed by atoms with Gasteiger partial charge in [-0.15, -0.1) is 0 Å². The Morgan fingerprint density at radius 3 is 0.935 bits per heavy atom. The molecule has 6 bridgehead atoms. The number of hydrogen-bond acceptors (Lipinski definition) is 15. The van der Waals surface area contributed by atoms with Crippen molar-refractivity contribution in [2.75, 3.05) is 73.8 Å². The van der Waals surface area contributed by atoms with E-state index in [1.807, 2.05) is 133 Å². The molecule has 6 aromatic carbocycles. The molecule has 18 nitrogen and oxygen atoms in total. The molecule has 6 heterocycles. The molecule has 6 aliphatic heterocycles. The summed E-state index contributed by atoms with van der Waals surface area (Å²) in [5.41, 5.74) is 11.0. The molecule has 3 amide bonds. The van der Waals surface area contributed by atoms with Crippen molar-refractivity contribution in [3.8, 4) is 17.2 Å². The summed E-state index contributed by atoms with van der Waals surface area (Å²) in [5.74, 6) is 14.5. The molecule has 0 radical (unpaired) electrons. The summed E-state index contributed by atoms with van der Waals surface area (Å²) in [4.78, 5) is 47.5. The summed E-state index contributed by atoms with van der Waals surface area (Å²) in [6, 6.07) is 35.2. The molecule has 18 rings (SSSR count). The van der Waals surface area contributed by atoms with Crippen molar-refractivity contribution in [2.24, 2.45) is 53.3 Å². The highest BCUT2D eigenvalue weighted by Crippen LogP contribution is 2.52. The SMILES string of the molecule is C=S1(=O)NC(=O)c2ccc3c(c2)N(C[C@@H]2CC[C@H]2[C@@H](O)/C=C/C[C@@H](C)[C@@H]1C)C[C@@]1(CCCc2cc(Cl)ccc21)CO3.C=S1(=O)NC(=O)c2ccc3c(c2)N(C[C@@H]2CC[C@H]2[C@@H](O)/C=C/C[C@@H](C)[C@H]1C)C[C@@]1(CCCc2cc(Cl)ccc21)CO3.C=S1(=O)NC(=O)c2ccc3c(c2)N(C[C@@H]2CC[C@H]2[C@@H](O)/C=C/C[C@@H](C)[C@H]1C)C[C@@]1(CCCc2cc(Cl)ccc21)CO3. The molecule has 3 spiro atoms. The highest BCUT2D eigenvalue weighted by atomic mass is 35.5. The second-order valence-electron chi connectivity index (χ2n) is 38.3. The van der Waals surface area contributed by atoms with Crippen molar-refractivity contribution in [3.05, 3.63) is 211 Å². The lowest BCUT2D eigenvalue weighted by atomic mass is 9.68. The first kappa shape index (κ1) is 89.0. The zero-order chi connectivity index (χ0) is 86.8. The Hall–Kier alpha value is -7.44. The first-order chi connectivity index (χ1) is 58.7. The number of allylic oxidation sites excluding steroid dienone is 3. The molecule has 3 fully saturated rings. The molecule has 3 unspecified atom stereocenters. The Morgan fingerprint density at radius 2 is 0.675 bits per heavy atom. The normalized spacial score (nSPS) is 36.1. The van der Waals surface area contributed by atoms with Crippen LogP contribution in [0.5, 0.6) is 17.2 Å². The number of carbonyl (C=O) groups is 3. The van der Waals surface area contributed by atoms with Crippen LogP contribution in [-0.4, -0.2) is 156 Å². The van der Waals surface area contributed by atoms with Gasteiger partial charge in [0, 0.05) is 103 Å². The highest BCUT2D eigenvalue weighted by Gasteiger charge is 2.49. The van der Waals surface area contributed by atoms with Gasteiger partial charge in [-0.3, -0.25) is 28.5 Å². The van der Waals surface area contributed by atoms with E-state index in [1.54, 1.807) is 18.2 Å². The number of anilines is 3. The molecule has 21 atom stereocenters. The van der Waals surface area contributed by atoms with Gasteiger partial charge in [-0.2, -0.15) is 0 Å². The number of nitrogens with zero attached hydrogens (tertiary/aromatic N) is 3. The lowest BCUT2D eigenvalue weighted by molar-refractivity contribution is 0.0454. The number of halogens is 3. The van der Waals surface area contributed by atoms with Crippen LogP contribution in [0.3, 0.4) is 0 Å². The van der Waals surface area contributed by atoms with E-state index in [4.69, 9.17) is 49.0 Å². The van der Waals surface area contributed by atoms with Gasteiger partial charge in [0.2, 0.25) is 0 Å². The molecular weight excluding hydrogens is 1670 g/mol. The van der Waals surface area contributed by atoms with Crippen LogP contribution in [0.2, 0.25) is 15.1 Å². The minimum atomic E-state index is -2.91.